The van der Waals surface area contributed by atoms with Gasteiger partial charge in [-0.25, -0.2) is 0 Å². The van der Waals surface area contributed by atoms with E-state index >= 15 is 0 Å². The number of carbonyl (C=O) groups excluding carboxylic acids is 4. The zero-order chi connectivity index (χ0) is 26.7. The lowest BCUT2D eigenvalue weighted by molar-refractivity contribution is -0.385. The van der Waals surface area contributed by atoms with Crippen molar-refractivity contribution in [3.63, 3.8) is 0 Å². The molecule has 7 rings (SSSR count). The van der Waals surface area contributed by atoms with Gasteiger partial charge >= 0.3 is 11.7 Å². The largest absolute Gasteiger partial charge is 0.456 e. The molecule has 2 aromatic rings. The Morgan fingerprint density at radius 3 is 2.24 bits per heavy atom. The summed E-state index contributed by atoms with van der Waals surface area (Å²) in [5.41, 5.74) is -0.0977. The summed E-state index contributed by atoms with van der Waals surface area (Å²) in [6, 6.07) is 9.84. The van der Waals surface area contributed by atoms with Gasteiger partial charge in [0.25, 0.3) is 0 Å². The van der Waals surface area contributed by atoms with Crippen molar-refractivity contribution in [2.75, 3.05) is 13.2 Å². The molecule has 1 aliphatic heterocycles. The number of amides is 2. The fraction of sp³-hybridized carbons (Fsp3) is 0.333. The number of hydrogen-bond donors (Lipinski definition) is 0. The monoisotopic (exact) mass is 536 g/mol. The van der Waals surface area contributed by atoms with Crippen molar-refractivity contribution < 1.29 is 33.6 Å². The Balaban J connectivity index is 1.04. The number of hydrogen-bond acceptors (Lipinski definition) is 8. The molecule has 4 aliphatic carbocycles. The molecule has 5 aliphatic rings. The van der Waals surface area contributed by atoms with Gasteiger partial charge in [-0.2, -0.15) is 0 Å². The van der Waals surface area contributed by atoms with Gasteiger partial charge < -0.3 is 9.47 Å². The number of nitro groups is 1. The van der Waals surface area contributed by atoms with E-state index in [4.69, 9.17) is 21.1 Å². The zero-order valence-corrected chi connectivity index (χ0v) is 20.6. The van der Waals surface area contributed by atoms with Gasteiger partial charge in [0.15, 0.2) is 12.4 Å². The fourth-order valence-electron chi connectivity index (χ4n) is 6.15. The van der Waals surface area contributed by atoms with E-state index < -0.39 is 41.7 Å². The normalized spacial score (nSPS) is 28.1. The molecule has 6 unspecified atom stereocenters. The van der Waals surface area contributed by atoms with Crippen LogP contribution in [0.2, 0.25) is 5.02 Å². The molecule has 38 heavy (non-hydrogen) atoms. The van der Waals surface area contributed by atoms with Crippen LogP contribution < -0.4 is 4.74 Å². The number of allylic oxidation sites excluding steroid dienone is 2. The highest BCUT2D eigenvalue weighted by Crippen LogP contribution is 2.65. The van der Waals surface area contributed by atoms with E-state index in [0.29, 0.717) is 11.8 Å². The van der Waals surface area contributed by atoms with Gasteiger partial charge in [0.2, 0.25) is 17.6 Å². The maximum absolute atomic E-state index is 13.0. The molecule has 2 bridgehead atoms. The summed E-state index contributed by atoms with van der Waals surface area (Å²) in [5.74, 6) is -1.68. The molecule has 2 aromatic carbocycles. The summed E-state index contributed by atoms with van der Waals surface area (Å²) in [6.45, 7) is -1.09. The van der Waals surface area contributed by atoms with Gasteiger partial charge in [-0.1, -0.05) is 29.8 Å². The SMILES string of the molecule is O=C(CN1C(=O)C2C3C=CC(C4CC34)C2C1=O)OCC(=O)c1ccc(Oc2c(Cl)cccc2[N+](=O)[O-])cc1. The van der Waals surface area contributed by atoms with Gasteiger partial charge in [-0.15, -0.1) is 0 Å². The maximum atomic E-state index is 13.0. The zero-order valence-electron chi connectivity index (χ0n) is 19.8. The number of carbonyl (C=O) groups is 4. The highest BCUT2D eigenvalue weighted by molar-refractivity contribution is 6.32. The maximum Gasteiger partial charge on any atom is 0.326 e. The Morgan fingerprint density at radius 2 is 1.63 bits per heavy atom. The van der Waals surface area contributed by atoms with Crippen LogP contribution in [0, 0.1) is 45.6 Å². The molecule has 0 spiro atoms. The molecule has 1 saturated heterocycles. The Kier molecular flexibility index (Phi) is 5.79. The molecule has 0 radical (unpaired) electrons. The molecule has 1 heterocycles. The van der Waals surface area contributed by atoms with E-state index in [9.17, 15) is 29.3 Å². The number of likely N-dealkylation sites (tertiary alicyclic amines) is 1. The molecular formula is C27H21ClN2O8. The van der Waals surface area contributed by atoms with Crippen LogP contribution in [0.25, 0.3) is 0 Å². The van der Waals surface area contributed by atoms with Crippen molar-refractivity contribution in [2.45, 2.75) is 6.42 Å². The first-order valence-corrected chi connectivity index (χ1v) is 12.6. The van der Waals surface area contributed by atoms with Crippen molar-refractivity contribution >= 4 is 40.9 Å². The number of halogens is 1. The van der Waals surface area contributed by atoms with E-state index in [1.807, 2.05) is 0 Å². The third-order valence-electron chi connectivity index (χ3n) is 7.94. The third-order valence-corrected chi connectivity index (χ3v) is 8.24. The van der Waals surface area contributed by atoms with Crippen LogP contribution in [0.4, 0.5) is 5.69 Å². The smallest absolute Gasteiger partial charge is 0.326 e. The lowest BCUT2D eigenvalue weighted by atomic mass is 9.63. The van der Waals surface area contributed by atoms with E-state index in [2.05, 4.69) is 12.2 Å². The minimum Gasteiger partial charge on any atom is -0.456 e. The van der Waals surface area contributed by atoms with Crippen LogP contribution >= 0.6 is 11.6 Å². The Hall–Kier alpha value is -4.05. The second-order valence-corrected chi connectivity index (χ2v) is 10.4. The second kappa shape index (κ2) is 9.05. The number of esters is 1. The quantitative estimate of drug-likeness (QED) is 0.124. The van der Waals surface area contributed by atoms with E-state index in [0.717, 1.165) is 11.3 Å². The van der Waals surface area contributed by atoms with Crippen LogP contribution in [0.15, 0.2) is 54.6 Å². The average molecular weight is 537 g/mol. The van der Waals surface area contributed by atoms with Crippen LogP contribution in [-0.2, 0) is 19.1 Å². The molecular weight excluding hydrogens is 516 g/mol. The molecule has 6 atom stereocenters. The van der Waals surface area contributed by atoms with Gasteiger partial charge in [0.1, 0.15) is 12.3 Å². The topological polar surface area (TPSA) is 133 Å². The van der Waals surface area contributed by atoms with Gasteiger partial charge in [-0.05, 0) is 60.4 Å². The highest BCUT2D eigenvalue weighted by atomic mass is 35.5. The second-order valence-electron chi connectivity index (χ2n) is 9.97. The highest BCUT2D eigenvalue weighted by Gasteiger charge is 2.67. The van der Waals surface area contributed by atoms with Crippen LogP contribution in [0.3, 0.4) is 0 Å². The van der Waals surface area contributed by atoms with Crippen LogP contribution in [0.1, 0.15) is 16.8 Å². The molecule has 2 amide bonds. The van der Waals surface area contributed by atoms with E-state index in [1.54, 1.807) is 0 Å². The predicted molar refractivity (Wildman–Crippen MR) is 131 cm³/mol. The predicted octanol–water partition coefficient (Wildman–Crippen LogP) is 3.82. The standard InChI is InChI=1S/C27H21ClN2O8/c28-19-2-1-3-20(30(35)36)25(19)38-14-6-4-13(5-7-14)21(31)12-37-22(32)11-29-26(33)23-15-8-9-16(18-10-17(15)18)24(23)27(29)34/h1-9,15-18,23-24H,10-12H2. The number of ketones is 1. The molecule has 0 aromatic heterocycles. The minimum absolute atomic E-state index is 0.0567. The van der Waals surface area contributed by atoms with E-state index in [-0.39, 0.29) is 51.4 Å². The number of nitrogens with zero attached hydrogens (tertiary/aromatic N) is 2. The summed E-state index contributed by atoms with van der Waals surface area (Å²) in [5, 5.41) is 11.3. The van der Waals surface area contributed by atoms with Crippen LogP contribution in [-0.4, -0.2) is 46.5 Å². The van der Waals surface area contributed by atoms with Crippen molar-refractivity contribution in [1.29, 1.82) is 0 Å². The van der Waals surface area contributed by atoms with Crippen molar-refractivity contribution in [2.24, 2.45) is 35.5 Å². The lowest BCUT2D eigenvalue weighted by Gasteiger charge is -2.37. The molecule has 3 fully saturated rings. The molecule has 2 saturated carbocycles. The number of nitro benzene ring substituents is 1. The molecule has 194 valence electrons. The van der Waals surface area contributed by atoms with Gasteiger partial charge in [-0.3, -0.25) is 34.2 Å². The third kappa shape index (κ3) is 3.96. The van der Waals surface area contributed by atoms with Crippen molar-refractivity contribution in [1.82, 2.24) is 4.90 Å². The summed E-state index contributed by atoms with van der Waals surface area (Å²) >= 11 is 6.04. The minimum atomic E-state index is -0.838. The Morgan fingerprint density at radius 1 is 1.00 bits per heavy atom. The summed E-state index contributed by atoms with van der Waals surface area (Å²) in [6.07, 6.45) is 5.16. The average Bonchev–Trinajstić information content (AvgIpc) is 3.69. The summed E-state index contributed by atoms with van der Waals surface area (Å²) < 4.78 is 10.6. The molecule has 11 heteroatoms. The number of para-hydroxylation sites is 1. The Bertz CT molecular complexity index is 1380. The first kappa shape index (κ1) is 24.3. The van der Waals surface area contributed by atoms with Crippen LogP contribution in [0.5, 0.6) is 11.5 Å². The number of imide groups is 1. The molecule has 10 nitrogen and oxygen atoms in total. The summed E-state index contributed by atoms with van der Waals surface area (Å²) in [7, 11) is 0. The van der Waals surface area contributed by atoms with Gasteiger partial charge in [0.05, 0.1) is 21.8 Å². The number of rotatable bonds is 8. The lowest BCUT2D eigenvalue weighted by Crippen LogP contribution is -2.40. The fourth-order valence-corrected chi connectivity index (χ4v) is 6.36. The number of ether oxygens (including phenoxy) is 2. The first-order valence-electron chi connectivity index (χ1n) is 12.2. The van der Waals surface area contributed by atoms with Crippen molar-refractivity contribution in [3.05, 3.63) is 75.3 Å². The molecule has 0 N–H and O–H groups in total. The summed E-state index contributed by atoms with van der Waals surface area (Å²) in [4.78, 5) is 62.5. The van der Waals surface area contributed by atoms with Gasteiger partial charge in [0, 0.05) is 11.6 Å². The van der Waals surface area contributed by atoms with Crippen molar-refractivity contribution in [3.8, 4) is 11.5 Å². The van der Waals surface area contributed by atoms with E-state index in [1.165, 1.54) is 42.5 Å². The number of benzene rings is 2. The number of Topliss-reactive ketones (excluding diaryl/α,β-unsaturated/α-hetero) is 1. The Labute approximate surface area is 221 Å². The first-order chi connectivity index (χ1) is 18.2.